The Balaban J connectivity index is 1.80. The van der Waals surface area contributed by atoms with Crippen molar-refractivity contribution >= 4 is 16.9 Å². The van der Waals surface area contributed by atoms with Crippen LogP contribution < -0.4 is 5.32 Å². The van der Waals surface area contributed by atoms with Gasteiger partial charge in [-0.1, -0.05) is 36.4 Å². The zero-order valence-corrected chi connectivity index (χ0v) is 10.1. The molecule has 2 nitrogen and oxygen atoms in total. The molecule has 1 heterocycles. The van der Waals surface area contributed by atoms with Crippen molar-refractivity contribution < 1.29 is 4.79 Å². The molecule has 1 aromatic rings. The lowest BCUT2D eigenvalue weighted by Gasteiger charge is -2.22. The number of hydrogen-bond acceptors (Lipinski definition) is 3. The molecule has 1 fully saturated rings. The third-order valence-electron chi connectivity index (χ3n) is 2.80. The molecule has 2 rings (SSSR count). The predicted molar refractivity (Wildman–Crippen MR) is 67.6 cm³/mol. The molecule has 86 valence electrons. The van der Waals surface area contributed by atoms with Gasteiger partial charge < -0.3 is 5.32 Å². The minimum absolute atomic E-state index is 0.269. The molecule has 0 aliphatic carbocycles. The highest BCUT2D eigenvalue weighted by atomic mass is 32.2. The smallest absolute Gasteiger partial charge is 0.195 e. The normalized spacial score (nSPS) is 20.6. The summed E-state index contributed by atoms with van der Waals surface area (Å²) in [6.45, 7) is 1.06. The summed E-state index contributed by atoms with van der Waals surface area (Å²) in [6.07, 6.45) is 4.29. The van der Waals surface area contributed by atoms with E-state index >= 15 is 0 Å². The zero-order valence-electron chi connectivity index (χ0n) is 9.32. The summed E-state index contributed by atoms with van der Waals surface area (Å²) in [7, 11) is 0. The first-order valence-electron chi connectivity index (χ1n) is 5.84. The molecule has 0 spiro atoms. The third kappa shape index (κ3) is 3.65. The van der Waals surface area contributed by atoms with Gasteiger partial charge in [-0.2, -0.15) is 0 Å². The highest BCUT2D eigenvalue weighted by Gasteiger charge is 2.16. The van der Waals surface area contributed by atoms with Crippen LogP contribution in [0.4, 0.5) is 0 Å². The van der Waals surface area contributed by atoms with Gasteiger partial charge in [0.1, 0.15) is 0 Å². The van der Waals surface area contributed by atoms with Gasteiger partial charge in [-0.25, -0.2) is 0 Å². The van der Waals surface area contributed by atoms with Crippen molar-refractivity contribution in [3.63, 3.8) is 0 Å². The van der Waals surface area contributed by atoms with Gasteiger partial charge in [0.2, 0.25) is 0 Å². The molecule has 0 saturated carbocycles. The van der Waals surface area contributed by atoms with Crippen LogP contribution in [-0.4, -0.2) is 17.7 Å². The number of thioether (sulfide) groups is 1. The van der Waals surface area contributed by atoms with Crippen molar-refractivity contribution in [2.75, 3.05) is 6.54 Å². The fourth-order valence-corrected chi connectivity index (χ4v) is 2.80. The van der Waals surface area contributed by atoms with Gasteiger partial charge in [-0.15, -0.1) is 0 Å². The SMILES string of the molecule is O=C(CC1CCCCN1)Sc1ccccc1. The van der Waals surface area contributed by atoms with Gasteiger partial charge >= 0.3 is 0 Å². The van der Waals surface area contributed by atoms with E-state index in [1.807, 2.05) is 30.3 Å². The number of carbonyl (C=O) groups excluding carboxylic acids is 1. The van der Waals surface area contributed by atoms with Crippen molar-refractivity contribution in [3.8, 4) is 0 Å². The quantitative estimate of drug-likeness (QED) is 0.817. The molecule has 3 heteroatoms. The van der Waals surface area contributed by atoms with Crippen LogP contribution in [0.1, 0.15) is 25.7 Å². The monoisotopic (exact) mass is 235 g/mol. The number of rotatable bonds is 3. The van der Waals surface area contributed by atoms with Crippen LogP contribution in [0.3, 0.4) is 0 Å². The average molecular weight is 235 g/mol. The molecule has 1 atom stereocenters. The highest BCUT2D eigenvalue weighted by molar-refractivity contribution is 8.13. The van der Waals surface area contributed by atoms with Crippen molar-refractivity contribution in [1.29, 1.82) is 0 Å². The lowest BCUT2D eigenvalue weighted by molar-refractivity contribution is -0.111. The molecule has 1 aromatic carbocycles. The van der Waals surface area contributed by atoms with Gasteiger partial charge in [0.25, 0.3) is 0 Å². The number of benzene rings is 1. The summed E-state index contributed by atoms with van der Waals surface area (Å²) in [5.74, 6) is 0. The Morgan fingerprint density at radius 3 is 2.81 bits per heavy atom. The van der Waals surface area contributed by atoms with E-state index in [-0.39, 0.29) is 5.12 Å². The summed E-state index contributed by atoms with van der Waals surface area (Å²) in [4.78, 5) is 12.8. The fourth-order valence-electron chi connectivity index (χ4n) is 1.96. The fraction of sp³-hybridized carbons (Fsp3) is 0.462. The first kappa shape index (κ1) is 11.7. The van der Waals surface area contributed by atoms with Crippen molar-refractivity contribution in [3.05, 3.63) is 30.3 Å². The molecule has 0 bridgehead atoms. The van der Waals surface area contributed by atoms with E-state index in [9.17, 15) is 4.79 Å². The summed E-state index contributed by atoms with van der Waals surface area (Å²) in [5.41, 5.74) is 0. The minimum atomic E-state index is 0.269. The Kier molecular flexibility index (Phi) is 4.43. The van der Waals surface area contributed by atoms with E-state index in [1.165, 1.54) is 24.6 Å². The number of hydrogen-bond donors (Lipinski definition) is 1. The maximum absolute atomic E-state index is 11.8. The standard InChI is InChI=1S/C13H17NOS/c15-13(10-11-6-4-5-9-14-11)16-12-7-2-1-3-8-12/h1-3,7-8,11,14H,4-6,9-10H2. The third-order valence-corrected chi connectivity index (χ3v) is 3.70. The van der Waals surface area contributed by atoms with Crippen LogP contribution in [0.5, 0.6) is 0 Å². The summed E-state index contributed by atoms with van der Waals surface area (Å²) < 4.78 is 0. The molecule has 1 N–H and O–H groups in total. The lowest BCUT2D eigenvalue weighted by atomic mass is 10.0. The van der Waals surface area contributed by atoms with Crippen LogP contribution in [0, 0.1) is 0 Å². The van der Waals surface area contributed by atoms with Crippen LogP contribution in [0.15, 0.2) is 35.2 Å². The van der Waals surface area contributed by atoms with Crippen molar-refractivity contribution in [2.24, 2.45) is 0 Å². The van der Waals surface area contributed by atoms with E-state index in [2.05, 4.69) is 5.32 Å². The molecule has 1 saturated heterocycles. The maximum atomic E-state index is 11.8. The Labute approximate surface area is 101 Å². The van der Waals surface area contributed by atoms with Crippen LogP contribution in [0.2, 0.25) is 0 Å². The van der Waals surface area contributed by atoms with E-state index in [0.717, 1.165) is 17.9 Å². The minimum Gasteiger partial charge on any atom is -0.314 e. The highest BCUT2D eigenvalue weighted by Crippen LogP contribution is 2.22. The van der Waals surface area contributed by atoms with E-state index in [1.54, 1.807) is 0 Å². The van der Waals surface area contributed by atoms with Gasteiger partial charge in [0.15, 0.2) is 5.12 Å². The van der Waals surface area contributed by atoms with E-state index in [4.69, 9.17) is 0 Å². The molecule has 0 aromatic heterocycles. The van der Waals surface area contributed by atoms with E-state index in [0.29, 0.717) is 12.5 Å². The van der Waals surface area contributed by atoms with Gasteiger partial charge in [0.05, 0.1) is 0 Å². The topological polar surface area (TPSA) is 29.1 Å². The summed E-state index contributed by atoms with van der Waals surface area (Å²) in [6, 6.07) is 10.3. The van der Waals surface area contributed by atoms with E-state index < -0.39 is 0 Å². The second-order valence-corrected chi connectivity index (χ2v) is 5.27. The Hall–Kier alpha value is -0.800. The average Bonchev–Trinajstić information content (AvgIpc) is 2.31. The summed E-state index contributed by atoms with van der Waals surface area (Å²) >= 11 is 1.36. The molecular formula is C13H17NOS. The molecule has 0 radical (unpaired) electrons. The first-order chi connectivity index (χ1) is 7.84. The van der Waals surface area contributed by atoms with Crippen LogP contribution in [-0.2, 0) is 4.79 Å². The van der Waals surface area contributed by atoms with Crippen molar-refractivity contribution in [2.45, 2.75) is 36.6 Å². The second kappa shape index (κ2) is 6.06. The molecule has 1 aliphatic rings. The Bertz CT molecular complexity index is 333. The molecule has 1 unspecified atom stereocenters. The molecule has 0 amide bonds. The first-order valence-corrected chi connectivity index (χ1v) is 6.65. The predicted octanol–water partition coefficient (Wildman–Crippen LogP) is 2.84. The molecule has 1 aliphatic heterocycles. The number of carbonyl (C=O) groups is 1. The maximum Gasteiger partial charge on any atom is 0.195 e. The largest absolute Gasteiger partial charge is 0.314 e. The Morgan fingerprint density at radius 2 is 2.12 bits per heavy atom. The van der Waals surface area contributed by atoms with Gasteiger partial charge in [-0.3, -0.25) is 4.79 Å². The van der Waals surface area contributed by atoms with Crippen LogP contribution >= 0.6 is 11.8 Å². The van der Waals surface area contributed by atoms with Crippen LogP contribution in [0.25, 0.3) is 0 Å². The van der Waals surface area contributed by atoms with Crippen molar-refractivity contribution in [1.82, 2.24) is 5.32 Å². The van der Waals surface area contributed by atoms with Gasteiger partial charge in [0, 0.05) is 17.4 Å². The zero-order chi connectivity index (χ0) is 11.2. The lowest BCUT2D eigenvalue weighted by Crippen LogP contribution is -2.35. The molecular weight excluding hydrogens is 218 g/mol. The number of nitrogens with one attached hydrogen (secondary N) is 1. The second-order valence-electron chi connectivity index (χ2n) is 4.14. The number of piperidine rings is 1. The Morgan fingerprint density at radius 1 is 1.31 bits per heavy atom. The van der Waals surface area contributed by atoms with Gasteiger partial charge in [-0.05, 0) is 31.5 Å². The molecule has 16 heavy (non-hydrogen) atoms. The summed E-state index contributed by atoms with van der Waals surface area (Å²) in [5, 5.41) is 3.67.